The summed E-state index contributed by atoms with van der Waals surface area (Å²) in [6.45, 7) is 0. The number of hydrogen-bond donors (Lipinski definition) is 1. The number of halogens is 1. The van der Waals surface area contributed by atoms with E-state index in [2.05, 4.69) is 4.98 Å². The van der Waals surface area contributed by atoms with Crippen LogP contribution < -0.4 is 4.74 Å². The van der Waals surface area contributed by atoms with E-state index in [1.165, 1.54) is 24.3 Å². The third-order valence-corrected chi connectivity index (χ3v) is 2.82. The van der Waals surface area contributed by atoms with E-state index in [-0.39, 0.29) is 16.6 Å². The van der Waals surface area contributed by atoms with Crippen LogP contribution in [0, 0.1) is 10.1 Å². The summed E-state index contributed by atoms with van der Waals surface area (Å²) in [6.07, 6.45) is 3.46. The SMILES string of the molecule is O=C(O)C=Cc1ccc(Oc2ccc([N+](=O)[O-])cn2)c(Cl)c1. The number of rotatable bonds is 5. The summed E-state index contributed by atoms with van der Waals surface area (Å²) >= 11 is 6.03. The van der Waals surface area contributed by atoms with Crippen LogP contribution in [0.3, 0.4) is 0 Å². The zero-order chi connectivity index (χ0) is 16.1. The van der Waals surface area contributed by atoms with E-state index >= 15 is 0 Å². The summed E-state index contributed by atoms with van der Waals surface area (Å²) in [5.74, 6) is -0.608. The van der Waals surface area contributed by atoms with Gasteiger partial charge in [0, 0.05) is 18.2 Å². The normalized spacial score (nSPS) is 10.6. The molecule has 112 valence electrons. The first-order valence-corrected chi connectivity index (χ1v) is 6.32. The van der Waals surface area contributed by atoms with Crippen LogP contribution in [0.2, 0.25) is 5.02 Å². The van der Waals surface area contributed by atoms with E-state index in [1.807, 2.05) is 0 Å². The lowest BCUT2D eigenvalue weighted by Crippen LogP contribution is -1.92. The number of aromatic nitrogens is 1. The number of hydrogen-bond acceptors (Lipinski definition) is 5. The molecule has 1 aromatic carbocycles. The van der Waals surface area contributed by atoms with Crippen molar-refractivity contribution < 1.29 is 19.6 Å². The van der Waals surface area contributed by atoms with Crippen LogP contribution in [-0.4, -0.2) is 21.0 Å². The fourth-order valence-corrected chi connectivity index (χ4v) is 1.75. The Morgan fingerprint density at radius 3 is 2.68 bits per heavy atom. The number of carboxylic acid groups (broad SMARTS) is 1. The van der Waals surface area contributed by atoms with Crippen LogP contribution in [-0.2, 0) is 4.79 Å². The lowest BCUT2D eigenvalue weighted by Gasteiger charge is -2.07. The summed E-state index contributed by atoms with van der Waals surface area (Å²) in [5, 5.41) is 19.3. The molecular formula is C14H9ClN2O5. The summed E-state index contributed by atoms with van der Waals surface area (Å²) < 4.78 is 5.42. The Morgan fingerprint density at radius 2 is 2.14 bits per heavy atom. The van der Waals surface area contributed by atoms with Crippen LogP contribution in [0.4, 0.5) is 5.69 Å². The summed E-state index contributed by atoms with van der Waals surface area (Å²) in [4.78, 5) is 24.2. The van der Waals surface area contributed by atoms with Crippen LogP contribution in [0.1, 0.15) is 5.56 Å². The van der Waals surface area contributed by atoms with Crippen molar-refractivity contribution in [2.24, 2.45) is 0 Å². The van der Waals surface area contributed by atoms with Gasteiger partial charge in [0.05, 0.1) is 9.95 Å². The van der Waals surface area contributed by atoms with Gasteiger partial charge >= 0.3 is 5.97 Å². The van der Waals surface area contributed by atoms with Crippen molar-refractivity contribution in [3.8, 4) is 11.6 Å². The van der Waals surface area contributed by atoms with Gasteiger partial charge in [0.15, 0.2) is 0 Å². The molecular weight excluding hydrogens is 312 g/mol. The van der Waals surface area contributed by atoms with Crippen molar-refractivity contribution in [1.29, 1.82) is 0 Å². The van der Waals surface area contributed by atoms with Crippen LogP contribution >= 0.6 is 11.6 Å². The Kier molecular flexibility index (Phi) is 4.70. The Hall–Kier alpha value is -2.93. The summed E-state index contributed by atoms with van der Waals surface area (Å²) in [6, 6.07) is 7.31. The lowest BCUT2D eigenvalue weighted by molar-refractivity contribution is -0.385. The molecule has 0 amide bonds. The molecule has 1 heterocycles. The first kappa shape index (κ1) is 15.5. The van der Waals surface area contributed by atoms with Gasteiger partial charge in [-0.15, -0.1) is 0 Å². The number of carbonyl (C=O) groups is 1. The quantitative estimate of drug-likeness (QED) is 0.513. The highest BCUT2D eigenvalue weighted by molar-refractivity contribution is 6.32. The van der Waals surface area contributed by atoms with Crippen LogP contribution in [0.5, 0.6) is 11.6 Å². The number of carboxylic acids is 1. The summed E-state index contributed by atoms with van der Waals surface area (Å²) in [5.41, 5.74) is 0.448. The third-order valence-electron chi connectivity index (χ3n) is 2.52. The topological polar surface area (TPSA) is 103 Å². The van der Waals surface area contributed by atoms with Gasteiger partial charge in [-0.3, -0.25) is 10.1 Å². The number of ether oxygens (including phenoxy) is 1. The number of nitro groups is 1. The minimum Gasteiger partial charge on any atom is -0.478 e. The Morgan fingerprint density at radius 1 is 1.36 bits per heavy atom. The van der Waals surface area contributed by atoms with Gasteiger partial charge in [0.2, 0.25) is 5.88 Å². The minimum atomic E-state index is -1.06. The smallest absolute Gasteiger partial charge is 0.328 e. The summed E-state index contributed by atoms with van der Waals surface area (Å²) in [7, 11) is 0. The molecule has 0 aliphatic rings. The van der Waals surface area contributed by atoms with E-state index in [0.717, 1.165) is 12.3 Å². The number of aliphatic carboxylic acids is 1. The van der Waals surface area contributed by atoms with Crippen LogP contribution in [0.15, 0.2) is 42.6 Å². The molecule has 0 aliphatic carbocycles. The van der Waals surface area contributed by atoms with Gasteiger partial charge in [-0.2, -0.15) is 0 Å². The second-order valence-electron chi connectivity index (χ2n) is 4.08. The molecule has 2 aromatic rings. The zero-order valence-corrected chi connectivity index (χ0v) is 11.7. The first-order valence-electron chi connectivity index (χ1n) is 5.94. The maximum atomic E-state index is 10.5. The molecule has 22 heavy (non-hydrogen) atoms. The first-order chi connectivity index (χ1) is 10.5. The predicted molar refractivity (Wildman–Crippen MR) is 79.1 cm³/mol. The van der Waals surface area contributed by atoms with Gasteiger partial charge < -0.3 is 9.84 Å². The maximum Gasteiger partial charge on any atom is 0.328 e. The van der Waals surface area contributed by atoms with Crippen molar-refractivity contribution >= 4 is 29.3 Å². The van der Waals surface area contributed by atoms with Crippen LogP contribution in [0.25, 0.3) is 6.08 Å². The molecule has 0 fully saturated rings. The molecule has 0 spiro atoms. The van der Waals surface area contributed by atoms with E-state index < -0.39 is 10.9 Å². The molecule has 0 bridgehead atoms. The van der Waals surface area contributed by atoms with E-state index in [9.17, 15) is 14.9 Å². The predicted octanol–water partition coefficient (Wildman–Crippen LogP) is 3.53. The molecule has 2 rings (SSSR count). The van der Waals surface area contributed by atoms with Gasteiger partial charge in [-0.05, 0) is 23.8 Å². The van der Waals surface area contributed by atoms with Gasteiger partial charge in [0.25, 0.3) is 5.69 Å². The van der Waals surface area contributed by atoms with E-state index in [4.69, 9.17) is 21.4 Å². The van der Waals surface area contributed by atoms with Crippen molar-refractivity contribution in [1.82, 2.24) is 4.98 Å². The fraction of sp³-hybridized carbons (Fsp3) is 0. The third kappa shape index (κ3) is 4.03. The Labute approximate surface area is 129 Å². The highest BCUT2D eigenvalue weighted by Gasteiger charge is 2.08. The maximum absolute atomic E-state index is 10.5. The largest absolute Gasteiger partial charge is 0.478 e. The molecule has 0 radical (unpaired) electrons. The number of nitrogens with zero attached hydrogens (tertiary/aromatic N) is 2. The standard InChI is InChI=1S/C14H9ClN2O5/c15-11-7-9(2-6-14(18)19)1-4-12(11)22-13-5-3-10(8-16-13)17(20)21/h1-8H,(H,18,19). The number of benzene rings is 1. The number of pyridine rings is 1. The zero-order valence-electron chi connectivity index (χ0n) is 11.0. The second-order valence-corrected chi connectivity index (χ2v) is 4.48. The fourth-order valence-electron chi connectivity index (χ4n) is 1.52. The Bertz CT molecular complexity index is 743. The molecule has 7 nitrogen and oxygen atoms in total. The molecule has 0 unspecified atom stereocenters. The van der Waals surface area contributed by atoms with Gasteiger partial charge in [0.1, 0.15) is 11.9 Å². The lowest BCUT2D eigenvalue weighted by atomic mass is 10.2. The molecule has 0 saturated heterocycles. The molecule has 0 saturated carbocycles. The minimum absolute atomic E-state index is 0.146. The van der Waals surface area contributed by atoms with Crippen molar-refractivity contribution in [2.45, 2.75) is 0 Å². The second kappa shape index (κ2) is 6.68. The van der Waals surface area contributed by atoms with E-state index in [1.54, 1.807) is 12.1 Å². The average Bonchev–Trinajstić information content (AvgIpc) is 2.48. The van der Waals surface area contributed by atoms with Crippen molar-refractivity contribution in [3.63, 3.8) is 0 Å². The molecule has 1 N–H and O–H groups in total. The highest BCUT2D eigenvalue weighted by Crippen LogP contribution is 2.30. The van der Waals surface area contributed by atoms with Crippen molar-refractivity contribution in [2.75, 3.05) is 0 Å². The van der Waals surface area contributed by atoms with Gasteiger partial charge in [-0.25, -0.2) is 9.78 Å². The molecule has 0 aliphatic heterocycles. The molecule has 8 heteroatoms. The molecule has 0 atom stereocenters. The van der Waals surface area contributed by atoms with Crippen molar-refractivity contribution in [3.05, 3.63) is 63.3 Å². The van der Waals surface area contributed by atoms with E-state index in [0.29, 0.717) is 11.3 Å². The highest BCUT2D eigenvalue weighted by atomic mass is 35.5. The molecule has 1 aromatic heterocycles. The average molecular weight is 321 g/mol. The monoisotopic (exact) mass is 320 g/mol. The Balaban J connectivity index is 2.16. The van der Waals surface area contributed by atoms with Gasteiger partial charge in [-0.1, -0.05) is 17.7 Å².